The zero-order valence-electron chi connectivity index (χ0n) is 13.5. The molecule has 2 heteroatoms. The van der Waals surface area contributed by atoms with E-state index >= 15 is 0 Å². The van der Waals surface area contributed by atoms with Crippen molar-refractivity contribution in [3.05, 3.63) is 52.8 Å². The Morgan fingerprint density at radius 1 is 1.29 bits per heavy atom. The minimum absolute atomic E-state index is 0.150. The van der Waals surface area contributed by atoms with Crippen LogP contribution in [0.2, 0.25) is 0 Å². The van der Waals surface area contributed by atoms with Crippen LogP contribution in [0.15, 0.2) is 30.5 Å². The normalized spacial score (nSPS) is 20.3. The summed E-state index contributed by atoms with van der Waals surface area (Å²) in [6, 6.07) is 8.61. The first kappa shape index (κ1) is 14.4. The van der Waals surface area contributed by atoms with Crippen LogP contribution < -0.4 is 0 Å². The summed E-state index contributed by atoms with van der Waals surface area (Å²) >= 11 is 0. The van der Waals surface area contributed by atoms with Gasteiger partial charge in [-0.3, -0.25) is 0 Å². The maximum Gasteiger partial charge on any atom is 0.0812 e. The van der Waals surface area contributed by atoms with E-state index in [4.69, 9.17) is 0 Å². The van der Waals surface area contributed by atoms with Crippen molar-refractivity contribution in [2.45, 2.75) is 53.1 Å². The highest BCUT2D eigenvalue weighted by atomic mass is 16.3. The number of nitrogens with zero attached hydrogens (tertiary/aromatic N) is 1. The van der Waals surface area contributed by atoms with Crippen LogP contribution in [0.1, 0.15) is 55.7 Å². The number of fused-ring (bicyclic) bond motifs is 1. The van der Waals surface area contributed by atoms with Gasteiger partial charge in [-0.1, -0.05) is 39.0 Å². The average molecular weight is 283 g/mol. The smallest absolute Gasteiger partial charge is 0.0812 e. The molecule has 0 bridgehead atoms. The van der Waals surface area contributed by atoms with Gasteiger partial charge >= 0.3 is 0 Å². The van der Waals surface area contributed by atoms with Crippen LogP contribution in [-0.4, -0.2) is 9.67 Å². The van der Waals surface area contributed by atoms with E-state index in [1.165, 1.54) is 22.5 Å². The monoisotopic (exact) mass is 283 g/mol. The molecule has 0 aliphatic heterocycles. The summed E-state index contributed by atoms with van der Waals surface area (Å²) in [5.74, 6) is 0. The largest absolute Gasteiger partial charge is 0.388 e. The van der Waals surface area contributed by atoms with Crippen LogP contribution in [0.4, 0.5) is 0 Å². The quantitative estimate of drug-likeness (QED) is 0.870. The molecule has 1 aliphatic rings. The Hall–Kier alpha value is -1.54. The Bertz CT molecular complexity index is 666. The topological polar surface area (TPSA) is 25.2 Å². The van der Waals surface area contributed by atoms with Crippen molar-refractivity contribution in [2.24, 2.45) is 5.41 Å². The van der Waals surface area contributed by atoms with E-state index in [-0.39, 0.29) is 11.5 Å². The van der Waals surface area contributed by atoms with Gasteiger partial charge in [0.05, 0.1) is 11.8 Å². The number of hydrogen-bond donors (Lipinski definition) is 1. The molecular formula is C19H25NO. The fraction of sp³-hybridized carbons (Fsp3) is 0.474. The summed E-state index contributed by atoms with van der Waals surface area (Å²) < 4.78 is 2.31. The van der Waals surface area contributed by atoms with Crippen molar-refractivity contribution in [3.8, 4) is 5.69 Å². The third-order valence-corrected chi connectivity index (χ3v) is 4.72. The lowest BCUT2D eigenvalue weighted by Gasteiger charge is -2.34. The van der Waals surface area contributed by atoms with E-state index in [9.17, 15) is 5.11 Å². The van der Waals surface area contributed by atoms with Crippen LogP contribution in [0, 0.1) is 12.3 Å². The Morgan fingerprint density at radius 2 is 2.05 bits per heavy atom. The number of aryl methyl sites for hydroxylation is 2. The third kappa shape index (κ3) is 2.42. The van der Waals surface area contributed by atoms with Gasteiger partial charge in [0, 0.05) is 17.5 Å². The second-order valence-electron chi connectivity index (χ2n) is 7.08. The number of rotatable bonds is 2. The molecule has 0 spiro atoms. The molecule has 1 heterocycles. The van der Waals surface area contributed by atoms with Crippen LogP contribution in [-0.2, 0) is 12.8 Å². The molecule has 2 nitrogen and oxygen atoms in total. The van der Waals surface area contributed by atoms with Crippen LogP contribution in [0.5, 0.6) is 0 Å². The molecule has 2 aromatic rings. The van der Waals surface area contributed by atoms with E-state index in [1.807, 2.05) is 0 Å². The number of aliphatic hydroxyl groups is 1. The van der Waals surface area contributed by atoms with E-state index < -0.39 is 0 Å². The number of hydrogen-bond acceptors (Lipinski definition) is 1. The van der Waals surface area contributed by atoms with Gasteiger partial charge in [-0.2, -0.15) is 0 Å². The first-order valence-electron chi connectivity index (χ1n) is 7.90. The second-order valence-corrected chi connectivity index (χ2v) is 7.08. The molecule has 0 saturated carbocycles. The Balaban J connectivity index is 2.19. The van der Waals surface area contributed by atoms with Gasteiger partial charge in [0.1, 0.15) is 0 Å². The highest BCUT2D eigenvalue weighted by Gasteiger charge is 2.33. The van der Waals surface area contributed by atoms with E-state index in [2.05, 4.69) is 62.7 Å². The van der Waals surface area contributed by atoms with Gasteiger partial charge in [0.15, 0.2) is 0 Å². The second kappa shape index (κ2) is 5.03. The third-order valence-electron chi connectivity index (χ3n) is 4.72. The first-order chi connectivity index (χ1) is 9.93. The van der Waals surface area contributed by atoms with Gasteiger partial charge in [-0.15, -0.1) is 0 Å². The molecule has 1 unspecified atom stereocenters. The summed E-state index contributed by atoms with van der Waals surface area (Å²) in [7, 11) is 0. The van der Waals surface area contributed by atoms with Crippen molar-refractivity contribution >= 4 is 0 Å². The van der Waals surface area contributed by atoms with E-state index in [0.29, 0.717) is 0 Å². The Labute approximate surface area is 127 Å². The molecule has 0 saturated heterocycles. The van der Waals surface area contributed by atoms with Crippen LogP contribution in [0.25, 0.3) is 5.69 Å². The number of aromatic nitrogens is 1. The Kier molecular flexibility index (Phi) is 3.45. The number of benzene rings is 1. The predicted octanol–water partition coefficient (Wildman–Crippen LogP) is 4.35. The van der Waals surface area contributed by atoms with Crippen molar-refractivity contribution < 1.29 is 5.11 Å². The van der Waals surface area contributed by atoms with Gasteiger partial charge < -0.3 is 9.67 Å². The van der Waals surface area contributed by atoms with Crippen molar-refractivity contribution in [1.29, 1.82) is 0 Å². The van der Waals surface area contributed by atoms with Gasteiger partial charge in [-0.25, -0.2) is 0 Å². The molecule has 0 amide bonds. The molecule has 1 atom stereocenters. The van der Waals surface area contributed by atoms with Crippen LogP contribution >= 0.6 is 0 Å². The molecule has 112 valence electrons. The lowest BCUT2D eigenvalue weighted by Crippen LogP contribution is -2.26. The maximum absolute atomic E-state index is 10.4. The highest BCUT2D eigenvalue weighted by molar-refractivity contribution is 5.51. The maximum atomic E-state index is 10.4. The van der Waals surface area contributed by atoms with Crippen molar-refractivity contribution in [2.75, 3.05) is 0 Å². The summed E-state index contributed by atoms with van der Waals surface area (Å²) in [4.78, 5) is 0. The lowest BCUT2D eigenvalue weighted by molar-refractivity contribution is 0.0986. The standard InChI is InChI=1S/C19H25NO/c1-5-14-8-6-7-13(2)18(14)20-10-9-15-16(20)11-19(3,4)12-17(15)21/h6-10,17,21H,5,11-12H2,1-4H3. The molecule has 0 radical (unpaired) electrons. The fourth-order valence-electron chi connectivity index (χ4n) is 3.69. The van der Waals surface area contributed by atoms with Gasteiger partial charge in [0.2, 0.25) is 0 Å². The fourth-order valence-corrected chi connectivity index (χ4v) is 3.69. The SMILES string of the molecule is CCc1cccc(C)c1-n1ccc2c1CC(C)(C)CC2O. The van der Waals surface area contributed by atoms with Crippen molar-refractivity contribution in [3.63, 3.8) is 0 Å². The molecule has 21 heavy (non-hydrogen) atoms. The van der Waals surface area contributed by atoms with Gasteiger partial charge in [-0.05, 0) is 48.8 Å². The van der Waals surface area contributed by atoms with Gasteiger partial charge in [0.25, 0.3) is 0 Å². The minimum Gasteiger partial charge on any atom is -0.388 e. The molecule has 1 N–H and O–H groups in total. The number of aliphatic hydroxyl groups excluding tert-OH is 1. The van der Waals surface area contributed by atoms with E-state index in [0.717, 1.165) is 24.8 Å². The summed E-state index contributed by atoms with van der Waals surface area (Å²) in [6.07, 6.45) is 4.69. The van der Waals surface area contributed by atoms with Crippen molar-refractivity contribution in [1.82, 2.24) is 4.57 Å². The highest BCUT2D eigenvalue weighted by Crippen LogP contribution is 2.42. The summed E-state index contributed by atoms with van der Waals surface area (Å²) in [5, 5.41) is 10.4. The zero-order valence-corrected chi connectivity index (χ0v) is 13.5. The first-order valence-corrected chi connectivity index (χ1v) is 7.90. The predicted molar refractivity (Wildman–Crippen MR) is 86.9 cm³/mol. The van der Waals surface area contributed by atoms with Crippen LogP contribution in [0.3, 0.4) is 0 Å². The molecule has 0 fully saturated rings. The number of para-hydroxylation sites is 1. The zero-order chi connectivity index (χ0) is 15.2. The lowest BCUT2D eigenvalue weighted by atomic mass is 9.75. The Morgan fingerprint density at radius 3 is 2.76 bits per heavy atom. The minimum atomic E-state index is -0.334. The molecule has 1 aliphatic carbocycles. The summed E-state index contributed by atoms with van der Waals surface area (Å²) in [6.45, 7) is 8.86. The average Bonchev–Trinajstić information content (AvgIpc) is 2.80. The molecule has 3 rings (SSSR count). The molecule has 1 aromatic heterocycles. The molecular weight excluding hydrogens is 258 g/mol. The summed E-state index contributed by atoms with van der Waals surface area (Å²) in [5.41, 5.74) is 6.50. The molecule has 1 aromatic carbocycles. The van der Waals surface area contributed by atoms with E-state index in [1.54, 1.807) is 0 Å².